The van der Waals surface area contributed by atoms with Gasteiger partial charge in [0.1, 0.15) is 12.1 Å². The summed E-state index contributed by atoms with van der Waals surface area (Å²) in [6.45, 7) is 0. The summed E-state index contributed by atoms with van der Waals surface area (Å²) in [4.78, 5) is 8.60. The quantitative estimate of drug-likeness (QED) is 0.788. The average molecular weight is 238 g/mol. The molecule has 3 nitrogen and oxygen atoms in total. The molecule has 76 valence electrons. The summed E-state index contributed by atoms with van der Waals surface area (Å²) in [5.74, 6) is 0.700. The van der Waals surface area contributed by atoms with Gasteiger partial charge in [-0.25, -0.2) is 9.97 Å². The van der Waals surface area contributed by atoms with Crippen molar-refractivity contribution in [2.24, 2.45) is 0 Å². The number of anilines is 2. The summed E-state index contributed by atoms with van der Waals surface area (Å²) in [6, 6.07) is 7.33. The fraction of sp³-hybridized carbons (Fsp3) is 0. The van der Waals surface area contributed by atoms with Crippen molar-refractivity contribution < 1.29 is 0 Å². The van der Waals surface area contributed by atoms with Crippen LogP contribution >= 0.6 is 24.2 Å². The predicted octanol–water partition coefficient (Wildman–Crippen LogP) is 3.16. The highest BCUT2D eigenvalue weighted by molar-refractivity contribution is 7.80. The predicted molar refractivity (Wildman–Crippen MR) is 64.0 cm³/mol. The van der Waals surface area contributed by atoms with Crippen LogP contribution in [0.5, 0.6) is 0 Å². The summed E-state index contributed by atoms with van der Waals surface area (Å²) < 4.78 is 0. The van der Waals surface area contributed by atoms with E-state index in [4.69, 9.17) is 11.6 Å². The van der Waals surface area contributed by atoms with Gasteiger partial charge in [0.15, 0.2) is 0 Å². The van der Waals surface area contributed by atoms with Gasteiger partial charge in [0.05, 0.1) is 10.7 Å². The number of nitrogens with zero attached hydrogens (tertiary/aromatic N) is 2. The SMILES string of the molecule is Sc1cccc(Nc2ccncn2)c1Cl. The van der Waals surface area contributed by atoms with E-state index in [1.165, 1.54) is 6.33 Å². The van der Waals surface area contributed by atoms with Crippen molar-refractivity contribution in [2.45, 2.75) is 4.90 Å². The van der Waals surface area contributed by atoms with Gasteiger partial charge in [-0.3, -0.25) is 0 Å². The zero-order chi connectivity index (χ0) is 10.7. The molecule has 0 aliphatic heterocycles. The van der Waals surface area contributed by atoms with E-state index in [0.29, 0.717) is 10.8 Å². The van der Waals surface area contributed by atoms with Crippen molar-refractivity contribution in [3.8, 4) is 0 Å². The first kappa shape index (κ1) is 10.3. The molecule has 0 aliphatic carbocycles. The van der Waals surface area contributed by atoms with Crippen molar-refractivity contribution in [2.75, 3.05) is 5.32 Å². The molecule has 1 aromatic heterocycles. The van der Waals surface area contributed by atoms with Crippen LogP contribution in [-0.4, -0.2) is 9.97 Å². The first-order valence-electron chi connectivity index (χ1n) is 4.28. The number of benzene rings is 1. The van der Waals surface area contributed by atoms with E-state index < -0.39 is 0 Å². The van der Waals surface area contributed by atoms with E-state index in [-0.39, 0.29) is 0 Å². The minimum atomic E-state index is 0.583. The van der Waals surface area contributed by atoms with Crippen molar-refractivity contribution in [1.29, 1.82) is 0 Å². The topological polar surface area (TPSA) is 37.8 Å². The van der Waals surface area contributed by atoms with E-state index in [0.717, 1.165) is 10.6 Å². The fourth-order valence-corrected chi connectivity index (χ4v) is 1.50. The Balaban J connectivity index is 2.29. The highest BCUT2D eigenvalue weighted by Gasteiger charge is 2.03. The molecule has 0 unspecified atom stereocenters. The fourth-order valence-electron chi connectivity index (χ4n) is 1.12. The molecule has 2 aromatic rings. The van der Waals surface area contributed by atoms with Gasteiger partial charge in [-0.2, -0.15) is 0 Å². The van der Waals surface area contributed by atoms with Gasteiger partial charge in [0.2, 0.25) is 0 Å². The van der Waals surface area contributed by atoms with Crippen molar-refractivity contribution >= 4 is 35.7 Å². The molecule has 0 spiro atoms. The first-order valence-corrected chi connectivity index (χ1v) is 5.10. The number of hydrogen-bond donors (Lipinski definition) is 2. The second-order valence-electron chi connectivity index (χ2n) is 2.86. The Hall–Kier alpha value is -1.26. The number of hydrogen-bond acceptors (Lipinski definition) is 4. The Labute approximate surface area is 97.9 Å². The van der Waals surface area contributed by atoms with Gasteiger partial charge in [-0.15, -0.1) is 12.6 Å². The summed E-state index contributed by atoms with van der Waals surface area (Å²) in [7, 11) is 0. The van der Waals surface area contributed by atoms with Gasteiger partial charge >= 0.3 is 0 Å². The zero-order valence-electron chi connectivity index (χ0n) is 7.68. The molecule has 0 radical (unpaired) electrons. The molecule has 5 heteroatoms. The van der Waals surface area contributed by atoms with Gasteiger partial charge in [-0.05, 0) is 18.2 Å². The molecule has 1 heterocycles. The van der Waals surface area contributed by atoms with Crippen molar-refractivity contribution in [3.05, 3.63) is 41.8 Å². The van der Waals surface area contributed by atoms with Gasteiger partial charge in [0, 0.05) is 11.1 Å². The van der Waals surface area contributed by atoms with Crippen LogP contribution in [0.25, 0.3) is 0 Å². The number of halogens is 1. The molecule has 15 heavy (non-hydrogen) atoms. The Morgan fingerprint density at radius 3 is 2.87 bits per heavy atom. The summed E-state index contributed by atoms with van der Waals surface area (Å²) in [6.07, 6.45) is 3.13. The molecular formula is C10H8ClN3S. The second kappa shape index (κ2) is 4.51. The third kappa shape index (κ3) is 2.40. The number of nitrogens with one attached hydrogen (secondary N) is 1. The third-order valence-corrected chi connectivity index (χ3v) is 2.73. The molecule has 1 N–H and O–H groups in total. The molecular weight excluding hydrogens is 230 g/mol. The smallest absolute Gasteiger partial charge is 0.133 e. The van der Waals surface area contributed by atoms with Gasteiger partial charge in [-0.1, -0.05) is 17.7 Å². The van der Waals surface area contributed by atoms with Crippen molar-refractivity contribution in [3.63, 3.8) is 0 Å². The molecule has 0 amide bonds. The summed E-state index contributed by atoms with van der Waals surface area (Å²) >= 11 is 10.3. The van der Waals surface area contributed by atoms with E-state index in [1.54, 1.807) is 12.3 Å². The maximum atomic E-state index is 6.06. The Morgan fingerprint density at radius 2 is 2.13 bits per heavy atom. The molecule has 0 saturated heterocycles. The number of thiol groups is 1. The lowest BCUT2D eigenvalue weighted by molar-refractivity contribution is 1.17. The highest BCUT2D eigenvalue weighted by Crippen LogP contribution is 2.29. The van der Waals surface area contributed by atoms with Crippen LogP contribution in [0.3, 0.4) is 0 Å². The molecule has 0 saturated carbocycles. The lowest BCUT2D eigenvalue weighted by Crippen LogP contribution is -1.94. The van der Waals surface area contributed by atoms with Crippen LogP contribution in [0.2, 0.25) is 5.02 Å². The average Bonchev–Trinajstić information content (AvgIpc) is 2.26. The van der Waals surface area contributed by atoms with Crippen LogP contribution in [-0.2, 0) is 0 Å². The van der Waals surface area contributed by atoms with E-state index in [1.807, 2.05) is 18.2 Å². The molecule has 0 aliphatic rings. The van der Waals surface area contributed by atoms with Crippen LogP contribution in [0.15, 0.2) is 41.7 Å². The lowest BCUT2D eigenvalue weighted by Gasteiger charge is -2.07. The van der Waals surface area contributed by atoms with Crippen LogP contribution in [0.1, 0.15) is 0 Å². The Bertz CT molecular complexity index is 461. The van der Waals surface area contributed by atoms with Crippen molar-refractivity contribution in [1.82, 2.24) is 9.97 Å². The van der Waals surface area contributed by atoms with Crippen LogP contribution in [0, 0.1) is 0 Å². The minimum Gasteiger partial charge on any atom is -0.339 e. The molecule has 2 rings (SSSR count). The molecule has 0 atom stereocenters. The summed E-state index contributed by atoms with van der Waals surface area (Å²) in [5, 5.41) is 3.66. The molecule has 0 bridgehead atoms. The monoisotopic (exact) mass is 237 g/mol. The normalized spacial score (nSPS) is 10.0. The standard InChI is InChI=1S/C10H8ClN3S/c11-10-7(2-1-3-8(10)15)14-9-4-5-12-6-13-9/h1-6,15H,(H,12,13,14). The third-order valence-electron chi connectivity index (χ3n) is 1.82. The second-order valence-corrected chi connectivity index (χ2v) is 3.72. The van der Waals surface area contributed by atoms with E-state index in [9.17, 15) is 0 Å². The minimum absolute atomic E-state index is 0.583. The van der Waals surface area contributed by atoms with Crippen LogP contribution < -0.4 is 5.32 Å². The zero-order valence-corrected chi connectivity index (χ0v) is 9.33. The highest BCUT2D eigenvalue weighted by atomic mass is 35.5. The maximum Gasteiger partial charge on any atom is 0.133 e. The number of aromatic nitrogens is 2. The van der Waals surface area contributed by atoms with Gasteiger partial charge in [0.25, 0.3) is 0 Å². The largest absolute Gasteiger partial charge is 0.339 e. The van der Waals surface area contributed by atoms with E-state index >= 15 is 0 Å². The van der Waals surface area contributed by atoms with Gasteiger partial charge < -0.3 is 5.32 Å². The Kier molecular flexibility index (Phi) is 3.08. The first-order chi connectivity index (χ1) is 7.27. The molecule has 0 fully saturated rings. The van der Waals surface area contributed by atoms with Crippen LogP contribution in [0.4, 0.5) is 11.5 Å². The van der Waals surface area contributed by atoms with E-state index in [2.05, 4.69) is 27.9 Å². The summed E-state index contributed by atoms with van der Waals surface area (Å²) in [5.41, 5.74) is 0.780. The Morgan fingerprint density at radius 1 is 1.27 bits per heavy atom. The maximum absolute atomic E-state index is 6.06. The number of rotatable bonds is 2. The molecule has 1 aromatic carbocycles. The lowest BCUT2D eigenvalue weighted by atomic mass is 10.3.